The van der Waals surface area contributed by atoms with Crippen molar-refractivity contribution in [2.24, 2.45) is 5.92 Å². The molecule has 1 N–H and O–H groups in total. The summed E-state index contributed by atoms with van der Waals surface area (Å²) < 4.78 is 1.20. The number of rotatable bonds is 3. The Balaban J connectivity index is 1.69. The van der Waals surface area contributed by atoms with Crippen molar-refractivity contribution >= 4 is 33.1 Å². The summed E-state index contributed by atoms with van der Waals surface area (Å²) >= 11 is 1.56. The van der Waals surface area contributed by atoms with E-state index in [9.17, 15) is 9.59 Å². The first-order chi connectivity index (χ1) is 12.5. The molecule has 0 aliphatic heterocycles. The van der Waals surface area contributed by atoms with Crippen molar-refractivity contribution in [3.63, 3.8) is 0 Å². The first-order valence-electron chi connectivity index (χ1n) is 8.80. The monoisotopic (exact) mass is 368 g/mol. The van der Waals surface area contributed by atoms with Gasteiger partial charge >= 0.3 is 0 Å². The van der Waals surface area contributed by atoms with E-state index < -0.39 is 6.04 Å². The van der Waals surface area contributed by atoms with Gasteiger partial charge in [-0.05, 0) is 49.8 Å². The minimum absolute atomic E-state index is 0.224. The molecule has 1 amide bonds. The van der Waals surface area contributed by atoms with Gasteiger partial charge in [-0.3, -0.25) is 9.59 Å². The number of nitrogens with zero attached hydrogens (tertiary/aromatic N) is 3. The van der Waals surface area contributed by atoms with Crippen LogP contribution in [0.4, 0.5) is 5.69 Å². The van der Waals surface area contributed by atoms with E-state index >= 15 is 0 Å². The van der Waals surface area contributed by atoms with Crippen LogP contribution in [0.25, 0.3) is 10.2 Å². The predicted octanol–water partition coefficient (Wildman–Crippen LogP) is 3.18. The molecule has 134 valence electrons. The van der Waals surface area contributed by atoms with Gasteiger partial charge < -0.3 is 5.32 Å². The van der Waals surface area contributed by atoms with E-state index in [-0.39, 0.29) is 11.5 Å². The maximum Gasteiger partial charge on any atom is 0.279 e. The summed E-state index contributed by atoms with van der Waals surface area (Å²) in [6.07, 6.45) is 2.95. The maximum absolute atomic E-state index is 13.0. The molecule has 2 atom stereocenters. The number of thiophene rings is 1. The zero-order valence-electron chi connectivity index (χ0n) is 14.7. The molecule has 0 radical (unpaired) electrons. The van der Waals surface area contributed by atoms with Crippen molar-refractivity contribution in [1.82, 2.24) is 15.0 Å². The molecule has 2 heterocycles. The van der Waals surface area contributed by atoms with Gasteiger partial charge in [0.25, 0.3) is 5.56 Å². The molecule has 3 aromatic rings. The number of benzene rings is 1. The third-order valence-electron chi connectivity index (χ3n) is 4.93. The van der Waals surface area contributed by atoms with Gasteiger partial charge in [-0.25, -0.2) is 0 Å². The van der Waals surface area contributed by atoms with Crippen molar-refractivity contribution in [3.05, 3.63) is 51.1 Å². The zero-order valence-corrected chi connectivity index (χ0v) is 15.5. The lowest BCUT2D eigenvalue weighted by molar-refractivity contribution is -0.119. The highest BCUT2D eigenvalue weighted by Crippen LogP contribution is 2.35. The number of fused-ring (bicyclic) bond motifs is 3. The average molecular weight is 368 g/mol. The quantitative estimate of drug-likeness (QED) is 0.770. The van der Waals surface area contributed by atoms with Crippen molar-refractivity contribution in [1.29, 1.82) is 0 Å². The lowest BCUT2D eigenvalue weighted by atomic mass is 9.89. The number of aryl methyl sites for hydroxylation is 1. The second kappa shape index (κ2) is 6.64. The second-order valence-corrected chi connectivity index (χ2v) is 7.99. The average Bonchev–Trinajstić information content (AvgIpc) is 3.00. The summed E-state index contributed by atoms with van der Waals surface area (Å²) in [7, 11) is 0. The molecular weight excluding hydrogens is 348 g/mol. The molecule has 0 saturated heterocycles. The lowest BCUT2D eigenvalue weighted by Crippen LogP contribution is -2.34. The Hall–Kier alpha value is -2.54. The maximum atomic E-state index is 13.0. The van der Waals surface area contributed by atoms with Crippen LogP contribution in [0.3, 0.4) is 0 Å². The first-order valence-corrected chi connectivity index (χ1v) is 9.62. The SMILES string of the molecule is CC1CCc2c(sc3nnn(C(C)C(=O)Nc4ccccc4)c(=O)c23)C1. The van der Waals surface area contributed by atoms with Crippen molar-refractivity contribution < 1.29 is 4.79 Å². The fourth-order valence-corrected chi connectivity index (χ4v) is 4.72. The van der Waals surface area contributed by atoms with Gasteiger partial charge in [0.2, 0.25) is 5.91 Å². The lowest BCUT2D eigenvalue weighted by Gasteiger charge is -2.17. The highest BCUT2D eigenvalue weighted by molar-refractivity contribution is 7.18. The molecule has 6 nitrogen and oxygen atoms in total. The van der Waals surface area contributed by atoms with Gasteiger partial charge in [-0.2, -0.15) is 4.68 Å². The van der Waals surface area contributed by atoms with Crippen LogP contribution in [0.2, 0.25) is 0 Å². The number of hydrogen-bond acceptors (Lipinski definition) is 5. The summed E-state index contributed by atoms with van der Waals surface area (Å²) in [5, 5.41) is 11.7. The number of aromatic nitrogens is 3. The summed E-state index contributed by atoms with van der Waals surface area (Å²) in [6.45, 7) is 3.90. The summed E-state index contributed by atoms with van der Waals surface area (Å²) in [6, 6.07) is 8.44. The minimum Gasteiger partial charge on any atom is -0.324 e. The Morgan fingerprint density at radius 1 is 1.35 bits per heavy atom. The van der Waals surface area contributed by atoms with Crippen LogP contribution in [0.5, 0.6) is 0 Å². The molecule has 0 bridgehead atoms. The fraction of sp³-hybridized carbons (Fsp3) is 0.368. The number of carbonyl (C=O) groups is 1. The van der Waals surface area contributed by atoms with E-state index in [2.05, 4.69) is 22.6 Å². The smallest absolute Gasteiger partial charge is 0.279 e. The molecular formula is C19H20N4O2S. The van der Waals surface area contributed by atoms with Crippen LogP contribution in [-0.2, 0) is 17.6 Å². The molecule has 2 unspecified atom stereocenters. The van der Waals surface area contributed by atoms with Crippen molar-refractivity contribution in [2.75, 3.05) is 5.32 Å². The van der Waals surface area contributed by atoms with Crippen LogP contribution >= 0.6 is 11.3 Å². The van der Waals surface area contributed by atoms with Crippen LogP contribution in [0, 0.1) is 5.92 Å². The minimum atomic E-state index is -0.738. The highest BCUT2D eigenvalue weighted by atomic mass is 32.1. The van der Waals surface area contributed by atoms with Gasteiger partial charge in [0.1, 0.15) is 6.04 Å². The molecule has 1 aromatic carbocycles. The largest absolute Gasteiger partial charge is 0.324 e. The Bertz CT molecular complexity index is 1030. The van der Waals surface area contributed by atoms with E-state index in [1.165, 1.54) is 9.56 Å². The highest BCUT2D eigenvalue weighted by Gasteiger charge is 2.26. The van der Waals surface area contributed by atoms with Gasteiger partial charge in [0, 0.05) is 10.6 Å². The Kier molecular flexibility index (Phi) is 4.32. The molecule has 2 aromatic heterocycles. The molecule has 1 aliphatic carbocycles. The predicted molar refractivity (Wildman–Crippen MR) is 103 cm³/mol. The molecule has 1 aliphatic rings. The number of para-hydroxylation sites is 1. The van der Waals surface area contributed by atoms with Crippen LogP contribution in [0.15, 0.2) is 35.1 Å². The number of hydrogen-bond donors (Lipinski definition) is 1. The number of carbonyl (C=O) groups excluding carboxylic acids is 1. The van der Waals surface area contributed by atoms with Gasteiger partial charge in [-0.1, -0.05) is 30.3 Å². The van der Waals surface area contributed by atoms with E-state index in [0.29, 0.717) is 21.8 Å². The van der Waals surface area contributed by atoms with Crippen LogP contribution < -0.4 is 10.9 Å². The molecule has 0 saturated carbocycles. The van der Waals surface area contributed by atoms with Crippen molar-refractivity contribution in [3.8, 4) is 0 Å². The zero-order chi connectivity index (χ0) is 18.3. The Labute approximate surface area is 154 Å². The van der Waals surface area contributed by atoms with Gasteiger partial charge in [0.15, 0.2) is 4.83 Å². The summed E-state index contributed by atoms with van der Waals surface area (Å²) in [4.78, 5) is 27.5. The topological polar surface area (TPSA) is 76.9 Å². The van der Waals surface area contributed by atoms with Crippen LogP contribution in [-0.4, -0.2) is 20.9 Å². The third-order valence-corrected chi connectivity index (χ3v) is 6.07. The standard InChI is InChI=1S/C19H20N4O2S/c1-11-8-9-14-15(10-11)26-18-16(14)19(25)23(22-21-18)12(2)17(24)20-13-6-4-3-5-7-13/h3-7,11-12H,8-10H2,1-2H3,(H,20,24). The normalized spacial score (nSPS) is 17.7. The third kappa shape index (κ3) is 2.92. The van der Waals surface area contributed by atoms with Crippen LogP contribution in [0.1, 0.15) is 36.8 Å². The van der Waals surface area contributed by atoms with E-state index in [1.54, 1.807) is 30.4 Å². The Morgan fingerprint density at radius 3 is 2.88 bits per heavy atom. The summed E-state index contributed by atoms with van der Waals surface area (Å²) in [5.74, 6) is 0.339. The van der Waals surface area contributed by atoms with Gasteiger partial charge in [0.05, 0.1) is 5.39 Å². The number of nitrogens with one attached hydrogen (secondary N) is 1. The first kappa shape index (κ1) is 16.9. The van der Waals surface area contributed by atoms with Gasteiger partial charge in [-0.15, -0.1) is 16.4 Å². The van der Waals surface area contributed by atoms with E-state index in [4.69, 9.17) is 0 Å². The molecule has 0 spiro atoms. The molecule has 7 heteroatoms. The molecule has 26 heavy (non-hydrogen) atoms. The van der Waals surface area contributed by atoms with Crippen molar-refractivity contribution in [2.45, 2.75) is 39.2 Å². The molecule has 0 fully saturated rings. The molecule has 4 rings (SSSR count). The van der Waals surface area contributed by atoms with E-state index in [1.807, 2.05) is 18.2 Å². The Morgan fingerprint density at radius 2 is 2.12 bits per heavy atom. The summed E-state index contributed by atoms with van der Waals surface area (Å²) in [5.41, 5.74) is 1.57. The fourth-order valence-electron chi connectivity index (χ4n) is 3.40. The second-order valence-electron chi connectivity index (χ2n) is 6.90. The van der Waals surface area contributed by atoms with E-state index in [0.717, 1.165) is 24.8 Å². The number of anilines is 1. The number of amides is 1.